The molecule has 0 N–H and O–H groups in total. The van der Waals surface area contributed by atoms with Gasteiger partial charge in [0, 0.05) is 29.1 Å². The topological polar surface area (TPSA) is 69.2 Å². The number of hydrogen-bond donors (Lipinski definition) is 0. The van der Waals surface area contributed by atoms with Gasteiger partial charge < -0.3 is 4.74 Å². The molecular formula is C15H16N2O3S. The van der Waals surface area contributed by atoms with Gasteiger partial charge in [0.2, 0.25) is 9.84 Å². The molecule has 0 atom stereocenters. The van der Waals surface area contributed by atoms with Gasteiger partial charge in [0.25, 0.3) is 0 Å². The van der Waals surface area contributed by atoms with Crippen molar-refractivity contribution in [1.82, 2.24) is 9.97 Å². The maximum Gasteiger partial charge on any atom is 0.203 e. The van der Waals surface area contributed by atoms with Crippen LogP contribution in [0, 0.1) is 0 Å². The minimum absolute atomic E-state index is 0.00567. The second kappa shape index (κ2) is 4.53. The van der Waals surface area contributed by atoms with E-state index in [1.807, 2.05) is 20.8 Å². The van der Waals surface area contributed by atoms with Crippen LogP contribution in [0.15, 0.2) is 35.6 Å². The molecule has 0 saturated heterocycles. The summed E-state index contributed by atoms with van der Waals surface area (Å²) in [5, 5.41) is 0.00567. The third kappa shape index (κ3) is 2.51. The Labute approximate surface area is 123 Å². The van der Waals surface area contributed by atoms with Crippen LogP contribution in [0.5, 0.6) is 11.5 Å². The molecule has 6 heteroatoms. The number of hydrogen-bond acceptors (Lipinski definition) is 5. The van der Waals surface area contributed by atoms with Crippen molar-refractivity contribution < 1.29 is 13.2 Å². The van der Waals surface area contributed by atoms with Crippen molar-refractivity contribution in [3.63, 3.8) is 0 Å². The molecule has 0 aliphatic carbocycles. The molecule has 2 aromatic rings. The van der Waals surface area contributed by atoms with Crippen LogP contribution < -0.4 is 4.74 Å². The van der Waals surface area contributed by atoms with Crippen LogP contribution in [0.2, 0.25) is 0 Å². The van der Waals surface area contributed by atoms with E-state index >= 15 is 0 Å². The number of fused-ring (bicyclic) bond motifs is 2. The lowest BCUT2D eigenvalue weighted by Crippen LogP contribution is -2.16. The van der Waals surface area contributed by atoms with E-state index in [0.717, 1.165) is 5.69 Å². The van der Waals surface area contributed by atoms with Crippen molar-refractivity contribution in [2.24, 2.45) is 0 Å². The van der Waals surface area contributed by atoms with Crippen LogP contribution in [0.1, 0.15) is 32.0 Å². The van der Waals surface area contributed by atoms with Gasteiger partial charge in [-0.15, -0.1) is 0 Å². The van der Waals surface area contributed by atoms with Gasteiger partial charge in [0.05, 0.1) is 5.75 Å². The van der Waals surface area contributed by atoms with E-state index in [-0.39, 0.29) is 21.9 Å². The first-order chi connectivity index (χ1) is 9.77. The normalized spacial score (nSPS) is 16.3. The van der Waals surface area contributed by atoms with E-state index in [1.54, 1.807) is 24.4 Å². The summed E-state index contributed by atoms with van der Waals surface area (Å²) in [5.41, 5.74) is 1.04. The largest absolute Gasteiger partial charge is 0.454 e. The lowest BCUT2D eigenvalue weighted by atomic mass is 9.92. The highest BCUT2D eigenvalue weighted by atomic mass is 32.2. The van der Waals surface area contributed by atoms with Crippen molar-refractivity contribution in [3.8, 4) is 11.5 Å². The lowest BCUT2D eigenvalue weighted by molar-refractivity contribution is 0.457. The van der Waals surface area contributed by atoms with E-state index in [9.17, 15) is 8.42 Å². The van der Waals surface area contributed by atoms with Gasteiger partial charge in [0.1, 0.15) is 5.75 Å². The van der Waals surface area contributed by atoms with Crippen LogP contribution >= 0.6 is 0 Å². The molecule has 3 rings (SSSR count). The van der Waals surface area contributed by atoms with Crippen LogP contribution in [0.3, 0.4) is 0 Å². The zero-order valence-electron chi connectivity index (χ0n) is 12.1. The molecule has 0 radical (unpaired) electrons. The molecule has 110 valence electrons. The van der Waals surface area contributed by atoms with Gasteiger partial charge in [-0.1, -0.05) is 20.8 Å². The number of aromatic nitrogens is 2. The maximum atomic E-state index is 12.6. The summed E-state index contributed by atoms with van der Waals surface area (Å²) < 4.78 is 30.9. The molecular weight excluding hydrogens is 288 g/mol. The minimum Gasteiger partial charge on any atom is -0.454 e. The Morgan fingerprint density at radius 2 is 1.90 bits per heavy atom. The quantitative estimate of drug-likeness (QED) is 0.748. The highest BCUT2D eigenvalue weighted by Crippen LogP contribution is 2.37. The van der Waals surface area contributed by atoms with Crippen molar-refractivity contribution >= 4 is 9.84 Å². The third-order valence-corrected chi connectivity index (χ3v) is 4.89. The molecule has 3 heterocycles. The minimum atomic E-state index is -3.55. The standard InChI is InChI=1S/C15H16N2O3S/c1-15(2,3)13-5-4-12-14(17-13)21(18,19)9-10-8-16-7-6-11(10)20-12/h4-8H,9H2,1-3H3. The summed E-state index contributed by atoms with van der Waals surface area (Å²) in [6, 6.07) is 5.15. The number of ether oxygens (including phenoxy) is 1. The van der Waals surface area contributed by atoms with Crippen LogP contribution in [-0.4, -0.2) is 18.4 Å². The van der Waals surface area contributed by atoms with E-state index in [0.29, 0.717) is 11.3 Å². The number of rotatable bonds is 0. The molecule has 0 amide bonds. The Morgan fingerprint density at radius 1 is 1.14 bits per heavy atom. The molecule has 0 spiro atoms. The molecule has 21 heavy (non-hydrogen) atoms. The fourth-order valence-electron chi connectivity index (χ4n) is 2.16. The molecule has 0 saturated carbocycles. The van der Waals surface area contributed by atoms with Gasteiger partial charge in [-0.25, -0.2) is 13.4 Å². The SMILES string of the molecule is CC(C)(C)c1ccc2c(n1)S(=O)(=O)Cc1cnccc1O2. The first kappa shape index (κ1) is 14.0. The average Bonchev–Trinajstić information content (AvgIpc) is 2.50. The maximum absolute atomic E-state index is 12.6. The molecule has 0 bridgehead atoms. The van der Waals surface area contributed by atoms with Gasteiger partial charge >= 0.3 is 0 Å². The highest BCUT2D eigenvalue weighted by Gasteiger charge is 2.30. The Kier molecular flexibility index (Phi) is 3.02. The van der Waals surface area contributed by atoms with Crippen molar-refractivity contribution in [2.45, 2.75) is 37.0 Å². The van der Waals surface area contributed by atoms with Crippen LogP contribution in [0.4, 0.5) is 0 Å². The number of pyridine rings is 2. The lowest BCUT2D eigenvalue weighted by Gasteiger charge is -2.19. The Bertz CT molecular complexity index is 808. The van der Waals surface area contributed by atoms with E-state index < -0.39 is 9.84 Å². The van der Waals surface area contributed by atoms with Gasteiger partial charge in [-0.2, -0.15) is 0 Å². The van der Waals surface area contributed by atoms with Gasteiger partial charge in [0.15, 0.2) is 10.8 Å². The second-order valence-corrected chi connectivity index (χ2v) is 8.00. The van der Waals surface area contributed by atoms with Gasteiger partial charge in [-0.05, 0) is 18.2 Å². The fraction of sp³-hybridized carbons (Fsp3) is 0.333. The van der Waals surface area contributed by atoms with Crippen LogP contribution in [-0.2, 0) is 21.0 Å². The van der Waals surface area contributed by atoms with Gasteiger partial charge in [-0.3, -0.25) is 4.98 Å². The van der Waals surface area contributed by atoms with E-state index in [4.69, 9.17) is 4.74 Å². The first-order valence-electron chi connectivity index (χ1n) is 6.62. The molecule has 0 unspecified atom stereocenters. The Morgan fingerprint density at radius 3 is 2.62 bits per heavy atom. The average molecular weight is 304 g/mol. The predicted octanol–water partition coefficient (Wildman–Crippen LogP) is 2.85. The van der Waals surface area contributed by atoms with Crippen molar-refractivity contribution in [2.75, 3.05) is 0 Å². The molecule has 2 aromatic heterocycles. The second-order valence-electron chi connectivity index (χ2n) is 6.09. The summed E-state index contributed by atoms with van der Waals surface area (Å²) in [4.78, 5) is 8.31. The van der Waals surface area contributed by atoms with Crippen molar-refractivity contribution in [3.05, 3.63) is 41.9 Å². The molecule has 1 aliphatic heterocycles. The Balaban J connectivity index is 2.21. The van der Waals surface area contributed by atoms with E-state index in [1.165, 1.54) is 6.20 Å². The monoisotopic (exact) mass is 304 g/mol. The first-order valence-corrected chi connectivity index (χ1v) is 8.28. The smallest absolute Gasteiger partial charge is 0.203 e. The summed E-state index contributed by atoms with van der Waals surface area (Å²) in [7, 11) is -3.55. The predicted molar refractivity (Wildman–Crippen MR) is 78.1 cm³/mol. The Hall–Kier alpha value is -1.95. The van der Waals surface area contributed by atoms with E-state index in [2.05, 4.69) is 9.97 Å². The third-order valence-electron chi connectivity index (χ3n) is 3.31. The van der Waals surface area contributed by atoms with Crippen molar-refractivity contribution in [1.29, 1.82) is 0 Å². The molecule has 5 nitrogen and oxygen atoms in total. The number of sulfone groups is 1. The van der Waals surface area contributed by atoms with Crippen LogP contribution in [0.25, 0.3) is 0 Å². The molecule has 0 fully saturated rings. The summed E-state index contributed by atoms with van der Waals surface area (Å²) >= 11 is 0. The summed E-state index contributed by atoms with van der Waals surface area (Å²) in [6.07, 6.45) is 3.09. The highest BCUT2D eigenvalue weighted by molar-refractivity contribution is 7.90. The summed E-state index contributed by atoms with van der Waals surface area (Å²) in [5.74, 6) is 0.634. The summed E-state index contributed by atoms with van der Waals surface area (Å²) in [6.45, 7) is 5.97. The molecule has 0 aromatic carbocycles. The number of nitrogens with zero attached hydrogens (tertiary/aromatic N) is 2. The zero-order valence-corrected chi connectivity index (χ0v) is 12.9. The molecule has 1 aliphatic rings. The zero-order chi connectivity index (χ0) is 15.3. The fourth-order valence-corrected chi connectivity index (χ4v) is 3.58.